The lowest BCUT2D eigenvalue weighted by Crippen LogP contribution is -2.33. The number of hydrogen-bond donors (Lipinski definition) is 3. The monoisotopic (exact) mass is 395 g/mol. The number of halogens is 3. The second kappa shape index (κ2) is 8.42. The molecule has 1 saturated heterocycles. The maximum absolute atomic E-state index is 12.3. The van der Waals surface area contributed by atoms with Crippen molar-refractivity contribution in [3.63, 3.8) is 0 Å². The van der Waals surface area contributed by atoms with Crippen molar-refractivity contribution in [2.24, 2.45) is 0 Å². The molecule has 1 aliphatic rings. The maximum atomic E-state index is 12.3. The van der Waals surface area contributed by atoms with Crippen molar-refractivity contribution < 1.29 is 22.8 Å². The van der Waals surface area contributed by atoms with Crippen LogP contribution in [-0.2, 0) is 0 Å². The zero-order chi connectivity index (χ0) is 20.1. The van der Waals surface area contributed by atoms with Crippen LogP contribution in [0, 0.1) is 0 Å². The third kappa shape index (κ3) is 5.32. The SMILES string of the molecule is O=C(NCC(F)(F)F)c1ccc(NC(=O)c2ccn(C3CCCNC3)n2)cc1. The van der Waals surface area contributed by atoms with Gasteiger partial charge in [-0.05, 0) is 49.7 Å². The highest BCUT2D eigenvalue weighted by Gasteiger charge is 2.27. The van der Waals surface area contributed by atoms with Gasteiger partial charge in [0.1, 0.15) is 6.54 Å². The van der Waals surface area contributed by atoms with E-state index in [1.165, 1.54) is 24.3 Å². The Labute approximate surface area is 159 Å². The van der Waals surface area contributed by atoms with Crippen LogP contribution in [0.5, 0.6) is 0 Å². The second-order valence-electron chi connectivity index (χ2n) is 6.51. The van der Waals surface area contributed by atoms with Gasteiger partial charge in [0.15, 0.2) is 5.69 Å². The molecule has 1 fully saturated rings. The quantitative estimate of drug-likeness (QED) is 0.725. The Kier molecular flexibility index (Phi) is 5.98. The van der Waals surface area contributed by atoms with Gasteiger partial charge in [-0.25, -0.2) is 0 Å². The summed E-state index contributed by atoms with van der Waals surface area (Å²) in [5.74, 6) is -1.24. The van der Waals surface area contributed by atoms with E-state index < -0.39 is 24.5 Å². The fourth-order valence-corrected chi connectivity index (χ4v) is 2.90. The van der Waals surface area contributed by atoms with Crippen LogP contribution < -0.4 is 16.0 Å². The number of nitrogens with one attached hydrogen (secondary N) is 3. The van der Waals surface area contributed by atoms with Crippen molar-refractivity contribution in [2.45, 2.75) is 25.1 Å². The van der Waals surface area contributed by atoms with Crippen molar-refractivity contribution >= 4 is 17.5 Å². The smallest absolute Gasteiger partial charge is 0.343 e. The number of benzene rings is 1. The molecule has 2 heterocycles. The molecule has 28 heavy (non-hydrogen) atoms. The molecule has 3 rings (SSSR count). The molecular formula is C18H20F3N5O2. The summed E-state index contributed by atoms with van der Waals surface area (Å²) in [6, 6.07) is 7.42. The minimum absolute atomic E-state index is 0.0660. The first-order valence-electron chi connectivity index (χ1n) is 8.84. The molecule has 7 nitrogen and oxygen atoms in total. The molecule has 1 aromatic carbocycles. The number of carbonyl (C=O) groups excluding carboxylic acids is 2. The van der Waals surface area contributed by atoms with Gasteiger partial charge in [0.05, 0.1) is 6.04 Å². The van der Waals surface area contributed by atoms with Gasteiger partial charge in [-0.15, -0.1) is 0 Å². The van der Waals surface area contributed by atoms with Crippen LogP contribution in [0.4, 0.5) is 18.9 Å². The largest absolute Gasteiger partial charge is 0.405 e. The molecular weight excluding hydrogens is 375 g/mol. The first-order chi connectivity index (χ1) is 13.3. The van der Waals surface area contributed by atoms with E-state index in [2.05, 4.69) is 15.7 Å². The molecule has 0 radical (unpaired) electrons. The summed E-state index contributed by atoms with van der Waals surface area (Å²) in [7, 11) is 0. The average molecular weight is 395 g/mol. The van der Waals surface area contributed by atoms with E-state index in [9.17, 15) is 22.8 Å². The zero-order valence-electron chi connectivity index (χ0n) is 14.9. The average Bonchev–Trinajstić information content (AvgIpc) is 3.17. The number of piperidine rings is 1. The molecule has 0 spiro atoms. The number of aromatic nitrogens is 2. The molecule has 0 aliphatic carbocycles. The molecule has 2 aromatic rings. The van der Waals surface area contributed by atoms with E-state index in [-0.39, 0.29) is 17.3 Å². The van der Waals surface area contributed by atoms with E-state index in [0.29, 0.717) is 5.69 Å². The Balaban J connectivity index is 1.57. The topological polar surface area (TPSA) is 88.0 Å². The number of anilines is 1. The molecule has 1 atom stereocenters. The first kappa shape index (κ1) is 19.9. The number of carbonyl (C=O) groups is 2. The summed E-state index contributed by atoms with van der Waals surface area (Å²) < 4.78 is 38.2. The van der Waals surface area contributed by atoms with E-state index in [4.69, 9.17) is 0 Å². The molecule has 1 unspecified atom stereocenters. The Morgan fingerprint density at radius 2 is 1.93 bits per heavy atom. The maximum Gasteiger partial charge on any atom is 0.405 e. The minimum Gasteiger partial charge on any atom is -0.343 e. The number of rotatable bonds is 5. The predicted octanol–water partition coefficient (Wildman–Crippen LogP) is 2.35. The first-order valence-corrected chi connectivity index (χ1v) is 8.84. The fourth-order valence-electron chi connectivity index (χ4n) is 2.90. The number of amides is 2. The van der Waals surface area contributed by atoms with Crippen molar-refractivity contribution in [1.82, 2.24) is 20.4 Å². The number of hydrogen-bond acceptors (Lipinski definition) is 4. The van der Waals surface area contributed by atoms with Gasteiger partial charge in [-0.1, -0.05) is 0 Å². The summed E-state index contributed by atoms with van der Waals surface area (Å²) in [6.07, 6.45) is -0.663. The molecule has 10 heteroatoms. The number of alkyl halides is 3. The Hall–Kier alpha value is -2.88. The highest BCUT2D eigenvalue weighted by atomic mass is 19.4. The Bertz CT molecular complexity index is 826. The van der Waals surface area contributed by atoms with Crippen molar-refractivity contribution in [1.29, 1.82) is 0 Å². The lowest BCUT2D eigenvalue weighted by molar-refractivity contribution is -0.123. The van der Waals surface area contributed by atoms with E-state index in [1.807, 2.05) is 0 Å². The molecule has 0 saturated carbocycles. The van der Waals surface area contributed by atoms with Crippen LogP contribution in [-0.4, -0.2) is 47.4 Å². The van der Waals surface area contributed by atoms with Crippen LogP contribution in [0.2, 0.25) is 0 Å². The van der Waals surface area contributed by atoms with Crippen LogP contribution in [0.15, 0.2) is 36.5 Å². The zero-order valence-corrected chi connectivity index (χ0v) is 14.9. The molecule has 3 N–H and O–H groups in total. The summed E-state index contributed by atoms with van der Waals surface area (Å²) in [5, 5.41) is 12.0. The summed E-state index contributed by atoms with van der Waals surface area (Å²) in [6.45, 7) is 0.388. The van der Waals surface area contributed by atoms with Gasteiger partial charge in [0.2, 0.25) is 0 Å². The van der Waals surface area contributed by atoms with E-state index >= 15 is 0 Å². The standard InChI is InChI=1S/C18H20F3N5O2/c19-18(20,21)11-23-16(27)12-3-5-13(6-4-12)24-17(28)15-7-9-26(25-15)14-2-1-8-22-10-14/h3-7,9,14,22H,1-2,8,10-11H2,(H,23,27)(H,24,28). The summed E-state index contributed by atoms with van der Waals surface area (Å²) in [4.78, 5) is 24.0. The van der Waals surface area contributed by atoms with Gasteiger partial charge in [0.25, 0.3) is 11.8 Å². The Morgan fingerprint density at radius 1 is 1.18 bits per heavy atom. The normalized spacial score (nSPS) is 17.2. The van der Waals surface area contributed by atoms with Crippen LogP contribution in [0.1, 0.15) is 39.7 Å². The van der Waals surface area contributed by atoms with Crippen LogP contribution in [0.3, 0.4) is 0 Å². The predicted molar refractivity (Wildman–Crippen MR) is 96.2 cm³/mol. The third-order valence-corrected chi connectivity index (χ3v) is 4.34. The van der Waals surface area contributed by atoms with Crippen molar-refractivity contribution in [2.75, 3.05) is 25.0 Å². The highest BCUT2D eigenvalue weighted by molar-refractivity contribution is 6.03. The summed E-state index contributed by atoms with van der Waals surface area (Å²) >= 11 is 0. The van der Waals surface area contributed by atoms with Crippen molar-refractivity contribution in [3.05, 3.63) is 47.8 Å². The summed E-state index contributed by atoms with van der Waals surface area (Å²) in [5.41, 5.74) is 0.736. The molecule has 1 aromatic heterocycles. The Morgan fingerprint density at radius 3 is 2.57 bits per heavy atom. The molecule has 1 aliphatic heterocycles. The van der Waals surface area contributed by atoms with Gasteiger partial charge in [-0.3, -0.25) is 14.3 Å². The van der Waals surface area contributed by atoms with Gasteiger partial charge in [-0.2, -0.15) is 18.3 Å². The van der Waals surface area contributed by atoms with Gasteiger partial charge < -0.3 is 16.0 Å². The van der Waals surface area contributed by atoms with E-state index in [0.717, 1.165) is 25.9 Å². The lowest BCUT2D eigenvalue weighted by Gasteiger charge is -2.22. The lowest BCUT2D eigenvalue weighted by atomic mass is 10.1. The molecule has 2 amide bonds. The van der Waals surface area contributed by atoms with E-state index in [1.54, 1.807) is 22.3 Å². The van der Waals surface area contributed by atoms with Gasteiger partial charge >= 0.3 is 6.18 Å². The highest BCUT2D eigenvalue weighted by Crippen LogP contribution is 2.17. The minimum atomic E-state index is -4.47. The molecule has 0 bridgehead atoms. The van der Waals surface area contributed by atoms with Gasteiger partial charge in [0, 0.05) is 24.0 Å². The van der Waals surface area contributed by atoms with Crippen LogP contribution >= 0.6 is 0 Å². The van der Waals surface area contributed by atoms with Crippen LogP contribution in [0.25, 0.3) is 0 Å². The van der Waals surface area contributed by atoms with Crippen molar-refractivity contribution in [3.8, 4) is 0 Å². The third-order valence-electron chi connectivity index (χ3n) is 4.34. The number of nitrogens with zero attached hydrogens (tertiary/aromatic N) is 2. The fraction of sp³-hybridized carbons (Fsp3) is 0.389. The second-order valence-corrected chi connectivity index (χ2v) is 6.51. The molecule has 150 valence electrons.